The Balaban J connectivity index is 0.00000176. The highest BCUT2D eigenvalue weighted by Crippen LogP contribution is 2.23. The second-order valence-electron chi connectivity index (χ2n) is 5.26. The summed E-state index contributed by atoms with van der Waals surface area (Å²) in [5, 5.41) is 7.45. The van der Waals surface area contributed by atoms with E-state index >= 15 is 0 Å². The average molecular weight is 325 g/mol. The topological polar surface area (TPSA) is 63.4 Å². The van der Waals surface area contributed by atoms with Gasteiger partial charge in [-0.05, 0) is 26.1 Å². The molecule has 0 amide bonds. The van der Waals surface area contributed by atoms with E-state index in [-0.39, 0.29) is 24.6 Å². The molecule has 1 saturated heterocycles. The number of hydrogen-bond acceptors (Lipinski definition) is 6. The Morgan fingerprint density at radius 3 is 2.86 bits per heavy atom. The highest BCUT2D eigenvalue weighted by Gasteiger charge is 2.26. The summed E-state index contributed by atoms with van der Waals surface area (Å²) in [5.41, 5.74) is 0. The normalized spacial score (nSPS) is 20.2. The van der Waals surface area contributed by atoms with Crippen LogP contribution in [-0.4, -0.2) is 41.7 Å². The van der Waals surface area contributed by atoms with Crippen molar-refractivity contribution in [2.24, 2.45) is 0 Å². The number of ether oxygens (including phenoxy) is 1. The van der Waals surface area contributed by atoms with Gasteiger partial charge in [-0.15, -0.1) is 12.4 Å². The highest BCUT2D eigenvalue weighted by molar-refractivity contribution is 5.85. The van der Waals surface area contributed by atoms with E-state index < -0.39 is 0 Å². The average Bonchev–Trinajstić information content (AvgIpc) is 2.98. The molecule has 1 fully saturated rings. The minimum atomic E-state index is -0.268. The van der Waals surface area contributed by atoms with Crippen molar-refractivity contribution in [1.82, 2.24) is 20.4 Å². The Labute approximate surface area is 136 Å². The number of benzene rings is 1. The third kappa shape index (κ3) is 3.76. The number of para-hydroxylation sites is 1. The summed E-state index contributed by atoms with van der Waals surface area (Å²) >= 11 is 0. The molecular formula is C15H21ClN4O2. The van der Waals surface area contributed by atoms with Gasteiger partial charge in [0.2, 0.25) is 0 Å². The predicted molar refractivity (Wildman–Crippen MR) is 85.3 cm³/mol. The fourth-order valence-electron chi connectivity index (χ4n) is 2.40. The monoisotopic (exact) mass is 324 g/mol. The molecule has 6 nitrogen and oxygen atoms in total. The van der Waals surface area contributed by atoms with Gasteiger partial charge in [-0.25, -0.2) is 0 Å². The molecule has 2 heterocycles. The maximum absolute atomic E-state index is 5.80. The van der Waals surface area contributed by atoms with Crippen LogP contribution in [0.15, 0.2) is 34.9 Å². The van der Waals surface area contributed by atoms with Crippen molar-refractivity contribution in [3.05, 3.63) is 42.0 Å². The van der Waals surface area contributed by atoms with Crippen LogP contribution in [0, 0.1) is 0 Å². The molecule has 1 aromatic heterocycles. The molecule has 3 rings (SSSR count). The maximum Gasteiger partial charge on any atom is 0.267 e. The van der Waals surface area contributed by atoms with Gasteiger partial charge in [-0.1, -0.05) is 23.4 Å². The molecule has 0 saturated carbocycles. The van der Waals surface area contributed by atoms with E-state index in [9.17, 15) is 0 Å². The van der Waals surface area contributed by atoms with Crippen LogP contribution in [0.2, 0.25) is 0 Å². The van der Waals surface area contributed by atoms with Crippen molar-refractivity contribution in [2.45, 2.75) is 19.1 Å². The third-order valence-corrected chi connectivity index (χ3v) is 3.67. The van der Waals surface area contributed by atoms with Crippen LogP contribution >= 0.6 is 12.4 Å². The molecule has 0 bridgehead atoms. The number of likely N-dealkylation sites (N-methyl/N-ethyl adjacent to an activating group) is 1. The lowest BCUT2D eigenvalue weighted by Crippen LogP contribution is -2.44. The van der Waals surface area contributed by atoms with Crippen LogP contribution in [-0.2, 0) is 0 Å². The zero-order valence-corrected chi connectivity index (χ0v) is 13.5. The number of aromatic nitrogens is 2. The lowest BCUT2D eigenvalue weighted by Gasteiger charge is -2.30. The number of nitrogens with zero attached hydrogens (tertiary/aromatic N) is 3. The van der Waals surface area contributed by atoms with Crippen LogP contribution in [0.4, 0.5) is 0 Å². The Hall–Kier alpha value is -1.63. The summed E-state index contributed by atoms with van der Waals surface area (Å²) in [5.74, 6) is 2.01. The minimum Gasteiger partial charge on any atom is -0.481 e. The van der Waals surface area contributed by atoms with Gasteiger partial charge in [0.05, 0.1) is 6.04 Å². The van der Waals surface area contributed by atoms with Crippen LogP contribution in [0.3, 0.4) is 0 Å². The van der Waals surface area contributed by atoms with Gasteiger partial charge in [0.1, 0.15) is 5.75 Å². The van der Waals surface area contributed by atoms with E-state index in [0.29, 0.717) is 11.7 Å². The number of halogens is 1. The molecule has 1 aliphatic rings. The number of nitrogens with one attached hydrogen (secondary N) is 1. The molecule has 2 aromatic rings. The third-order valence-electron chi connectivity index (χ3n) is 3.67. The summed E-state index contributed by atoms with van der Waals surface area (Å²) in [7, 11) is 2.07. The van der Waals surface area contributed by atoms with Crippen molar-refractivity contribution in [2.75, 3.05) is 26.7 Å². The Bertz CT molecular complexity index is 578. The second kappa shape index (κ2) is 7.58. The van der Waals surface area contributed by atoms with Gasteiger partial charge >= 0.3 is 0 Å². The Morgan fingerprint density at radius 2 is 2.14 bits per heavy atom. The molecule has 1 aromatic carbocycles. The predicted octanol–water partition coefficient (Wildman–Crippen LogP) is 2.21. The number of rotatable bonds is 4. The van der Waals surface area contributed by atoms with Crippen molar-refractivity contribution < 1.29 is 9.26 Å². The minimum absolute atomic E-state index is 0. The smallest absolute Gasteiger partial charge is 0.267 e. The fraction of sp³-hybridized carbons (Fsp3) is 0.467. The molecule has 7 heteroatoms. The van der Waals surface area contributed by atoms with Gasteiger partial charge in [-0.3, -0.25) is 4.90 Å². The summed E-state index contributed by atoms with van der Waals surface area (Å²) in [6.45, 7) is 4.71. The summed E-state index contributed by atoms with van der Waals surface area (Å²) in [6.07, 6.45) is -0.268. The lowest BCUT2D eigenvalue weighted by atomic mass is 10.2. The van der Waals surface area contributed by atoms with E-state index in [0.717, 1.165) is 25.4 Å². The van der Waals surface area contributed by atoms with Crippen LogP contribution in [0.1, 0.15) is 30.8 Å². The molecular weight excluding hydrogens is 304 g/mol. The number of piperazine rings is 1. The zero-order chi connectivity index (χ0) is 14.7. The molecule has 1 N–H and O–H groups in total. The highest BCUT2D eigenvalue weighted by atomic mass is 35.5. The van der Waals surface area contributed by atoms with E-state index in [1.54, 1.807) is 0 Å². The molecule has 120 valence electrons. The first-order valence-corrected chi connectivity index (χ1v) is 7.20. The first-order chi connectivity index (χ1) is 10.2. The van der Waals surface area contributed by atoms with Gasteiger partial charge < -0.3 is 14.6 Å². The standard InChI is InChI=1S/C15H20N4O2.ClH/c1-11(20-12-6-4-3-5-7-12)15-17-14(18-21-15)13-10-16-8-9-19(13)2;/h3-7,11,13,16H,8-10H2,1-2H3;1H. The molecule has 0 radical (unpaired) electrons. The summed E-state index contributed by atoms with van der Waals surface area (Å²) in [4.78, 5) is 6.73. The Kier molecular flexibility index (Phi) is 5.76. The van der Waals surface area contributed by atoms with Crippen molar-refractivity contribution in [1.29, 1.82) is 0 Å². The SMILES string of the molecule is CC(Oc1ccccc1)c1nc(C2CNCCN2C)no1.Cl. The summed E-state index contributed by atoms with van der Waals surface area (Å²) in [6, 6.07) is 9.79. The van der Waals surface area contributed by atoms with E-state index in [1.807, 2.05) is 37.3 Å². The Morgan fingerprint density at radius 1 is 1.36 bits per heavy atom. The molecule has 2 atom stereocenters. The second-order valence-corrected chi connectivity index (χ2v) is 5.26. The molecule has 0 spiro atoms. The first kappa shape index (κ1) is 16.7. The largest absolute Gasteiger partial charge is 0.481 e. The zero-order valence-electron chi connectivity index (χ0n) is 12.7. The van der Waals surface area contributed by atoms with Crippen molar-refractivity contribution in [3.8, 4) is 5.75 Å². The van der Waals surface area contributed by atoms with E-state index in [1.165, 1.54) is 0 Å². The van der Waals surface area contributed by atoms with Crippen LogP contribution in [0.25, 0.3) is 0 Å². The number of hydrogen-bond donors (Lipinski definition) is 1. The first-order valence-electron chi connectivity index (χ1n) is 7.20. The van der Waals surface area contributed by atoms with E-state index in [4.69, 9.17) is 9.26 Å². The van der Waals surface area contributed by atoms with Gasteiger partial charge in [0.25, 0.3) is 5.89 Å². The molecule has 1 aliphatic heterocycles. The quantitative estimate of drug-likeness (QED) is 0.930. The lowest BCUT2D eigenvalue weighted by molar-refractivity contribution is 0.173. The van der Waals surface area contributed by atoms with E-state index in [2.05, 4.69) is 27.4 Å². The fourth-order valence-corrected chi connectivity index (χ4v) is 2.40. The molecule has 0 aliphatic carbocycles. The van der Waals surface area contributed by atoms with Gasteiger partial charge in [0.15, 0.2) is 11.9 Å². The van der Waals surface area contributed by atoms with Crippen LogP contribution in [0.5, 0.6) is 5.75 Å². The molecule has 2 unspecified atom stereocenters. The molecule has 22 heavy (non-hydrogen) atoms. The van der Waals surface area contributed by atoms with Gasteiger partial charge in [-0.2, -0.15) is 4.98 Å². The van der Waals surface area contributed by atoms with Crippen molar-refractivity contribution in [3.63, 3.8) is 0 Å². The maximum atomic E-state index is 5.80. The van der Waals surface area contributed by atoms with Crippen molar-refractivity contribution >= 4 is 12.4 Å². The van der Waals surface area contributed by atoms with Crippen LogP contribution < -0.4 is 10.1 Å². The summed E-state index contributed by atoms with van der Waals surface area (Å²) < 4.78 is 11.2. The van der Waals surface area contributed by atoms with Gasteiger partial charge in [0, 0.05) is 19.6 Å².